The molecule has 2 heterocycles. The predicted octanol–water partition coefficient (Wildman–Crippen LogP) is 4.34. The lowest BCUT2D eigenvalue weighted by atomic mass is 10.1. The highest BCUT2D eigenvalue weighted by Crippen LogP contribution is 2.33. The number of aryl methyl sites for hydroxylation is 1. The van der Waals surface area contributed by atoms with Crippen molar-refractivity contribution in [1.82, 2.24) is 4.98 Å². The minimum absolute atomic E-state index is 0.0117. The first-order valence-corrected chi connectivity index (χ1v) is 10.8. The molecule has 2 aromatic carbocycles. The van der Waals surface area contributed by atoms with Gasteiger partial charge >= 0.3 is 0 Å². The summed E-state index contributed by atoms with van der Waals surface area (Å²) in [7, 11) is 0. The first kappa shape index (κ1) is 19.5. The minimum Gasteiger partial charge on any atom is -0.454 e. The van der Waals surface area contributed by atoms with Crippen molar-refractivity contribution in [3.05, 3.63) is 64.7 Å². The van der Waals surface area contributed by atoms with E-state index in [1.54, 1.807) is 18.2 Å². The van der Waals surface area contributed by atoms with Crippen LogP contribution in [0.2, 0.25) is 0 Å². The summed E-state index contributed by atoms with van der Waals surface area (Å²) >= 11 is 2.80. The van der Waals surface area contributed by atoms with Crippen molar-refractivity contribution >= 4 is 40.5 Å². The normalized spacial score (nSPS) is 12.0. The van der Waals surface area contributed by atoms with E-state index < -0.39 is 0 Å². The number of aromatic nitrogens is 1. The molecule has 1 N–H and O–H groups in total. The number of thiazole rings is 1. The van der Waals surface area contributed by atoms with Gasteiger partial charge in [-0.05, 0) is 36.8 Å². The zero-order valence-electron chi connectivity index (χ0n) is 15.6. The monoisotopic (exact) mass is 426 g/mol. The molecule has 3 aromatic rings. The summed E-state index contributed by atoms with van der Waals surface area (Å²) in [6, 6.07) is 12.8. The molecule has 29 heavy (non-hydrogen) atoms. The Labute approximate surface area is 176 Å². The molecule has 0 saturated carbocycles. The Bertz CT molecular complexity index is 1060. The second-order valence-electron chi connectivity index (χ2n) is 6.42. The molecule has 8 heteroatoms. The van der Waals surface area contributed by atoms with Crippen LogP contribution in [-0.4, -0.2) is 29.2 Å². The molecule has 1 aliphatic heterocycles. The zero-order chi connectivity index (χ0) is 20.2. The van der Waals surface area contributed by atoms with Crippen molar-refractivity contribution in [2.24, 2.45) is 0 Å². The van der Waals surface area contributed by atoms with Crippen molar-refractivity contribution in [3.8, 4) is 11.5 Å². The highest BCUT2D eigenvalue weighted by molar-refractivity contribution is 8.01. The van der Waals surface area contributed by atoms with E-state index in [4.69, 9.17) is 9.47 Å². The lowest BCUT2D eigenvalue weighted by molar-refractivity contribution is -0.115. The van der Waals surface area contributed by atoms with Crippen LogP contribution in [-0.2, 0) is 11.2 Å². The Hall–Kier alpha value is -2.84. The van der Waals surface area contributed by atoms with Crippen molar-refractivity contribution in [2.45, 2.75) is 17.7 Å². The zero-order valence-corrected chi connectivity index (χ0v) is 17.3. The molecule has 4 rings (SSSR count). The van der Waals surface area contributed by atoms with Gasteiger partial charge < -0.3 is 14.8 Å². The van der Waals surface area contributed by atoms with E-state index in [1.807, 2.05) is 36.6 Å². The van der Waals surface area contributed by atoms with Crippen LogP contribution in [0.25, 0.3) is 0 Å². The SMILES string of the molecule is Cc1ccccc1NC(=O)Cc1csc(SCC(=O)c2ccc3c(c2)OCO3)n1. The van der Waals surface area contributed by atoms with E-state index >= 15 is 0 Å². The van der Waals surface area contributed by atoms with E-state index in [2.05, 4.69) is 10.3 Å². The van der Waals surface area contributed by atoms with Crippen LogP contribution >= 0.6 is 23.1 Å². The first-order valence-electron chi connectivity index (χ1n) is 8.94. The standard InChI is InChI=1S/C21H18N2O4S2/c1-13-4-2-3-5-16(13)23-20(25)9-15-10-28-21(22-15)29-11-17(24)14-6-7-18-19(8-14)27-12-26-18/h2-8,10H,9,11-12H2,1H3,(H,23,25). The Kier molecular flexibility index (Phi) is 5.82. The van der Waals surface area contributed by atoms with Gasteiger partial charge in [-0.1, -0.05) is 30.0 Å². The van der Waals surface area contributed by atoms with Crippen molar-refractivity contribution < 1.29 is 19.1 Å². The fourth-order valence-electron chi connectivity index (χ4n) is 2.79. The predicted molar refractivity (Wildman–Crippen MR) is 113 cm³/mol. The maximum absolute atomic E-state index is 12.4. The summed E-state index contributed by atoms with van der Waals surface area (Å²) < 4.78 is 11.3. The van der Waals surface area contributed by atoms with Gasteiger partial charge in [0.25, 0.3) is 0 Å². The molecular formula is C21H18N2O4S2. The van der Waals surface area contributed by atoms with Gasteiger partial charge in [0.1, 0.15) is 0 Å². The molecule has 0 aliphatic carbocycles. The van der Waals surface area contributed by atoms with Crippen molar-refractivity contribution in [2.75, 3.05) is 17.9 Å². The van der Waals surface area contributed by atoms with E-state index in [9.17, 15) is 9.59 Å². The summed E-state index contributed by atoms with van der Waals surface area (Å²) in [6.45, 7) is 2.13. The van der Waals surface area contributed by atoms with Crippen LogP contribution in [0.15, 0.2) is 52.2 Å². The highest BCUT2D eigenvalue weighted by Gasteiger charge is 2.17. The molecule has 1 aromatic heterocycles. The van der Waals surface area contributed by atoms with Crippen LogP contribution in [0.4, 0.5) is 5.69 Å². The van der Waals surface area contributed by atoms with E-state index in [0.29, 0.717) is 22.8 Å². The molecule has 0 unspecified atom stereocenters. The summed E-state index contributed by atoms with van der Waals surface area (Å²) in [5.74, 6) is 1.39. The number of ether oxygens (including phenoxy) is 2. The number of para-hydroxylation sites is 1. The van der Waals surface area contributed by atoms with Crippen LogP contribution in [0.5, 0.6) is 11.5 Å². The maximum atomic E-state index is 12.4. The molecule has 6 nitrogen and oxygen atoms in total. The van der Waals surface area contributed by atoms with Gasteiger partial charge in [0, 0.05) is 16.6 Å². The number of anilines is 1. The third-order valence-corrected chi connectivity index (χ3v) is 6.38. The highest BCUT2D eigenvalue weighted by atomic mass is 32.2. The number of benzene rings is 2. The number of hydrogen-bond acceptors (Lipinski definition) is 7. The Balaban J connectivity index is 1.30. The molecular weight excluding hydrogens is 408 g/mol. The number of amides is 1. The van der Waals surface area contributed by atoms with Crippen LogP contribution in [0, 0.1) is 6.92 Å². The van der Waals surface area contributed by atoms with Gasteiger partial charge in [-0.25, -0.2) is 4.98 Å². The van der Waals surface area contributed by atoms with Crippen molar-refractivity contribution in [3.63, 3.8) is 0 Å². The fourth-order valence-corrected chi connectivity index (χ4v) is 4.53. The number of hydrogen-bond donors (Lipinski definition) is 1. The quantitative estimate of drug-likeness (QED) is 0.447. The number of nitrogens with zero attached hydrogens (tertiary/aromatic N) is 1. The summed E-state index contributed by atoms with van der Waals surface area (Å²) in [5.41, 5.74) is 3.09. The van der Waals surface area contributed by atoms with Gasteiger partial charge in [-0.15, -0.1) is 11.3 Å². The molecule has 0 radical (unpaired) electrons. The molecule has 0 saturated heterocycles. The number of Topliss-reactive ketones (excluding diaryl/α,β-unsaturated/α-hetero) is 1. The number of fused-ring (bicyclic) bond motifs is 1. The van der Waals surface area contributed by atoms with Gasteiger partial charge in [0.05, 0.1) is 17.9 Å². The number of ketones is 1. The maximum Gasteiger partial charge on any atom is 0.231 e. The van der Waals surface area contributed by atoms with Gasteiger partial charge in [0.15, 0.2) is 21.6 Å². The summed E-state index contributed by atoms with van der Waals surface area (Å²) in [5, 5.41) is 4.75. The molecule has 148 valence electrons. The van der Waals surface area contributed by atoms with Gasteiger partial charge in [-0.2, -0.15) is 0 Å². The minimum atomic E-state index is -0.113. The average molecular weight is 427 g/mol. The average Bonchev–Trinajstić information content (AvgIpc) is 3.36. The summed E-state index contributed by atoms with van der Waals surface area (Å²) in [4.78, 5) is 29.2. The second kappa shape index (κ2) is 8.67. The molecule has 0 fully saturated rings. The van der Waals surface area contributed by atoms with Crippen LogP contribution in [0.3, 0.4) is 0 Å². The van der Waals surface area contributed by atoms with E-state index in [0.717, 1.165) is 15.6 Å². The molecule has 0 bridgehead atoms. The fraction of sp³-hybridized carbons (Fsp3) is 0.190. The first-order chi connectivity index (χ1) is 14.1. The number of nitrogens with one attached hydrogen (secondary N) is 1. The van der Waals surface area contributed by atoms with Crippen molar-refractivity contribution in [1.29, 1.82) is 0 Å². The van der Waals surface area contributed by atoms with E-state index in [-0.39, 0.29) is 30.7 Å². The van der Waals surface area contributed by atoms with Crippen LogP contribution < -0.4 is 14.8 Å². The number of rotatable bonds is 7. The Morgan fingerprint density at radius 2 is 2.00 bits per heavy atom. The topological polar surface area (TPSA) is 77.5 Å². The largest absolute Gasteiger partial charge is 0.454 e. The third kappa shape index (κ3) is 4.78. The lowest BCUT2D eigenvalue weighted by Gasteiger charge is -2.06. The number of thioether (sulfide) groups is 1. The van der Waals surface area contributed by atoms with E-state index in [1.165, 1.54) is 23.1 Å². The molecule has 1 aliphatic rings. The number of carbonyl (C=O) groups is 2. The third-order valence-electron chi connectivity index (χ3n) is 4.31. The summed E-state index contributed by atoms with van der Waals surface area (Å²) in [6.07, 6.45) is 0.196. The molecule has 0 spiro atoms. The Morgan fingerprint density at radius 3 is 2.86 bits per heavy atom. The number of carbonyl (C=O) groups excluding carboxylic acids is 2. The lowest BCUT2D eigenvalue weighted by Crippen LogP contribution is -2.15. The van der Waals surface area contributed by atoms with Crippen LogP contribution in [0.1, 0.15) is 21.6 Å². The molecule has 0 atom stereocenters. The smallest absolute Gasteiger partial charge is 0.231 e. The van der Waals surface area contributed by atoms with Gasteiger partial charge in [0.2, 0.25) is 12.7 Å². The second-order valence-corrected chi connectivity index (χ2v) is 8.51. The molecule has 1 amide bonds. The van der Waals surface area contributed by atoms with Gasteiger partial charge in [-0.3, -0.25) is 9.59 Å². The Morgan fingerprint density at radius 1 is 1.17 bits per heavy atom.